The van der Waals surface area contributed by atoms with Gasteiger partial charge in [0.05, 0.1) is 42.8 Å². The van der Waals surface area contributed by atoms with Gasteiger partial charge < -0.3 is 14.8 Å². The monoisotopic (exact) mass is 425 g/mol. The third-order valence-corrected chi connectivity index (χ3v) is 5.07. The molecule has 0 aliphatic carbocycles. The van der Waals surface area contributed by atoms with E-state index in [-0.39, 0.29) is 11.3 Å². The van der Waals surface area contributed by atoms with Crippen molar-refractivity contribution < 1.29 is 19.1 Å². The lowest BCUT2D eigenvalue weighted by atomic mass is 10.0. The fourth-order valence-electron chi connectivity index (χ4n) is 3.47. The summed E-state index contributed by atoms with van der Waals surface area (Å²) >= 11 is 0. The molecular weight excluding hydrogens is 406 g/mol. The van der Waals surface area contributed by atoms with E-state index in [4.69, 9.17) is 14.7 Å². The van der Waals surface area contributed by atoms with Crippen LogP contribution in [0.2, 0.25) is 0 Å². The average Bonchev–Trinajstić information content (AvgIpc) is 3.09. The molecule has 0 spiro atoms. The summed E-state index contributed by atoms with van der Waals surface area (Å²) in [6.07, 6.45) is 0. The van der Waals surface area contributed by atoms with Crippen molar-refractivity contribution in [2.24, 2.45) is 0 Å². The highest BCUT2D eigenvalue weighted by Crippen LogP contribution is 2.36. The standard InChI is InChI=1S/C25H19N3O4/c1-31-19-12-13-20(21(14-19)32-2)27-23-22(17-6-4-3-5-7-17)24(29)28(25(23)30)18-10-8-16(15-26)9-11-18/h3-14,27H,1-2H3. The van der Waals surface area contributed by atoms with E-state index in [9.17, 15) is 9.59 Å². The quantitative estimate of drug-likeness (QED) is 0.601. The number of hydrogen-bond donors (Lipinski definition) is 1. The predicted molar refractivity (Wildman–Crippen MR) is 120 cm³/mol. The van der Waals surface area contributed by atoms with E-state index in [1.807, 2.05) is 12.1 Å². The Morgan fingerprint density at radius 3 is 2.22 bits per heavy atom. The van der Waals surface area contributed by atoms with Gasteiger partial charge in [0.2, 0.25) is 0 Å². The van der Waals surface area contributed by atoms with E-state index in [1.54, 1.807) is 73.8 Å². The Balaban J connectivity index is 1.81. The highest BCUT2D eigenvalue weighted by atomic mass is 16.5. The summed E-state index contributed by atoms with van der Waals surface area (Å²) in [4.78, 5) is 28.0. The number of methoxy groups -OCH3 is 2. The lowest BCUT2D eigenvalue weighted by molar-refractivity contribution is -0.120. The van der Waals surface area contributed by atoms with Crippen LogP contribution in [0.15, 0.2) is 78.5 Å². The lowest BCUT2D eigenvalue weighted by Gasteiger charge is -2.16. The third kappa shape index (κ3) is 3.66. The summed E-state index contributed by atoms with van der Waals surface area (Å²) < 4.78 is 10.7. The maximum absolute atomic E-state index is 13.4. The van der Waals surface area contributed by atoms with E-state index in [0.717, 1.165) is 4.90 Å². The van der Waals surface area contributed by atoms with Crippen molar-refractivity contribution >= 4 is 28.8 Å². The molecule has 3 aromatic rings. The van der Waals surface area contributed by atoms with Crippen LogP contribution >= 0.6 is 0 Å². The van der Waals surface area contributed by atoms with Crippen LogP contribution in [0.3, 0.4) is 0 Å². The van der Waals surface area contributed by atoms with Crippen molar-refractivity contribution in [1.82, 2.24) is 0 Å². The molecule has 1 heterocycles. The highest BCUT2D eigenvalue weighted by Gasteiger charge is 2.40. The molecule has 0 radical (unpaired) electrons. The molecule has 7 nitrogen and oxygen atoms in total. The number of nitrogens with one attached hydrogen (secondary N) is 1. The van der Waals surface area contributed by atoms with Crippen LogP contribution in [0.25, 0.3) is 5.57 Å². The second-order valence-electron chi connectivity index (χ2n) is 6.91. The number of ether oxygens (including phenoxy) is 2. The maximum atomic E-state index is 13.4. The number of nitrogens with zero attached hydrogens (tertiary/aromatic N) is 2. The van der Waals surface area contributed by atoms with Gasteiger partial charge in [0, 0.05) is 6.07 Å². The largest absolute Gasteiger partial charge is 0.497 e. The Morgan fingerprint density at radius 1 is 0.875 bits per heavy atom. The normalized spacial score (nSPS) is 13.2. The summed E-state index contributed by atoms with van der Waals surface area (Å²) in [5.41, 5.74) is 2.32. The first-order chi connectivity index (χ1) is 15.6. The second-order valence-corrected chi connectivity index (χ2v) is 6.91. The van der Waals surface area contributed by atoms with Gasteiger partial charge in [0.25, 0.3) is 11.8 Å². The fourth-order valence-corrected chi connectivity index (χ4v) is 3.47. The first-order valence-corrected chi connectivity index (χ1v) is 9.75. The van der Waals surface area contributed by atoms with Crippen molar-refractivity contribution in [3.63, 3.8) is 0 Å². The van der Waals surface area contributed by atoms with Gasteiger partial charge in [-0.2, -0.15) is 5.26 Å². The smallest absolute Gasteiger partial charge is 0.282 e. The van der Waals surface area contributed by atoms with E-state index in [1.165, 1.54) is 7.11 Å². The summed E-state index contributed by atoms with van der Waals surface area (Å²) in [6, 6.07) is 22.4. The molecule has 0 saturated carbocycles. The molecule has 0 atom stereocenters. The summed E-state index contributed by atoms with van der Waals surface area (Å²) in [6.45, 7) is 0. The summed E-state index contributed by atoms with van der Waals surface area (Å²) in [7, 11) is 3.06. The SMILES string of the molecule is COc1ccc(NC2=C(c3ccccc3)C(=O)N(c3ccc(C#N)cc3)C2=O)c(OC)c1. The minimum Gasteiger partial charge on any atom is -0.497 e. The van der Waals surface area contributed by atoms with Crippen LogP contribution in [0, 0.1) is 11.3 Å². The molecular formula is C25H19N3O4. The van der Waals surface area contributed by atoms with Gasteiger partial charge in [-0.3, -0.25) is 9.59 Å². The van der Waals surface area contributed by atoms with Crippen molar-refractivity contribution in [2.45, 2.75) is 0 Å². The Bertz CT molecular complexity index is 1260. The van der Waals surface area contributed by atoms with E-state index in [2.05, 4.69) is 5.32 Å². The van der Waals surface area contributed by atoms with E-state index >= 15 is 0 Å². The van der Waals surface area contributed by atoms with E-state index in [0.29, 0.717) is 34.0 Å². The highest BCUT2D eigenvalue weighted by molar-refractivity contribution is 6.46. The van der Waals surface area contributed by atoms with Gasteiger partial charge in [0.1, 0.15) is 17.2 Å². The molecule has 7 heteroatoms. The first-order valence-electron chi connectivity index (χ1n) is 9.75. The molecule has 1 N–H and O–H groups in total. The Hall–Kier alpha value is -4.57. The van der Waals surface area contributed by atoms with E-state index < -0.39 is 11.8 Å². The number of nitriles is 1. The third-order valence-electron chi connectivity index (χ3n) is 5.07. The minimum absolute atomic E-state index is 0.133. The average molecular weight is 425 g/mol. The van der Waals surface area contributed by atoms with Crippen LogP contribution in [-0.2, 0) is 9.59 Å². The van der Waals surface area contributed by atoms with Crippen LogP contribution < -0.4 is 19.7 Å². The van der Waals surface area contributed by atoms with Crippen LogP contribution in [0.1, 0.15) is 11.1 Å². The predicted octanol–water partition coefficient (Wildman–Crippen LogP) is 3.97. The van der Waals surface area contributed by atoms with Gasteiger partial charge in [-0.1, -0.05) is 30.3 Å². The topological polar surface area (TPSA) is 91.7 Å². The van der Waals surface area contributed by atoms with Crippen LogP contribution in [0.5, 0.6) is 11.5 Å². The number of amides is 2. The van der Waals surface area contributed by atoms with Gasteiger partial charge in [-0.25, -0.2) is 4.90 Å². The molecule has 2 amide bonds. The molecule has 3 aromatic carbocycles. The Kier molecular flexibility index (Phi) is 5.60. The molecule has 158 valence electrons. The number of hydrogen-bond acceptors (Lipinski definition) is 6. The maximum Gasteiger partial charge on any atom is 0.282 e. The molecule has 0 saturated heterocycles. The van der Waals surface area contributed by atoms with Gasteiger partial charge >= 0.3 is 0 Å². The zero-order valence-corrected chi connectivity index (χ0v) is 17.5. The lowest BCUT2D eigenvalue weighted by Crippen LogP contribution is -2.32. The summed E-state index contributed by atoms with van der Waals surface area (Å²) in [5.74, 6) is 0.0938. The zero-order chi connectivity index (χ0) is 22.7. The second kappa shape index (κ2) is 8.66. The van der Waals surface area contributed by atoms with Crippen molar-refractivity contribution in [1.29, 1.82) is 5.26 Å². The van der Waals surface area contributed by atoms with Gasteiger partial charge in [0.15, 0.2) is 0 Å². The number of anilines is 2. The molecule has 0 fully saturated rings. The zero-order valence-electron chi connectivity index (χ0n) is 17.5. The fraction of sp³-hybridized carbons (Fsp3) is 0.0800. The number of imide groups is 1. The van der Waals surface area contributed by atoms with Gasteiger partial charge in [-0.05, 0) is 42.0 Å². The molecule has 0 aromatic heterocycles. The molecule has 0 unspecified atom stereocenters. The Morgan fingerprint density at radius 2 is 1.59 bits per heavy atom. The molecule has 1 aliphatic rings. The first kappa shape index (κ1) is 20.7. The number of carbonyl (C=O) groups excluding carboxylic acids is 2. The van der Waals surface area contributed by atoms with Crippen molar-refractivity contribution in [3.05, 3.63) is 89.6 Å². The van der Waals surface area contributed by atoms with Crippen molar-refractivity contribution in [2.75, 3.05) is 24.4 Å². The Labute approximate surface area is 185 Å². The number of benzene rings is 3. The molecule has 1 aliphatic heterocycles. The van der Waals surface area contributed by atoms with Crippen LogP contribution in [0.4, 0.5) is 11.4 Å². The minimum atomic E-state index is -0.503. The molecule has 0 bridgehead atoms. The van der Waals surface area contributed by atoms with Crippen LogP contribution in [-0.4, -0.2) is 26.0 Å². The molecule has 32 heavy (non-hydrogen) atoms. The summed E-state index contributed by atoms with van der Waals surface area (Å²) in [5, 5.41) is 12.1. The van der Waals surface area contributed by atoms with Crippen molar-refractivity contribution in [3.8, 4) is 17.6 Å². The molecule has 4 rings (SSSR count). The number of carbonyl (C=O) groups is 2. The number of rotatable bonds is 6. The van der Waals surface area contributed by atoms with Gasteiger partial charge in [-0.15, -0.1) is 0 Å².